The summed E-state index contributed by atoms with van der Waals surface area (Å²) in [4.78, 5) is 22.1. The van der Waals surface area contributed by atoms with Crippen LogP contribution in [-0.2, 0) is 16.6 Å². The van der Waals surface area contributed by atoms with Crippen molar-refractivity contribution in [3.05, 3.63) is 30.0 Å². The molecular weight excluding hydrogens is 280 g/mol. The van der Waals surface area contributed by atoms with Crippen molar-refractivity contribution in [1.29, 1.82) is 0 Å². The van der Waals surface area contributed by atoms with Crippen LogP contribution in [0.1, 0.15) is 25.5 Å². The number of aryl methyl sites for hydroxylation is 1. The lowest BCUT2D eigenvalue weighted by Crippen LogP contribution is -2.22. The average Bonchev–Trinajstić information content (AvgIpc) is 2.63. The van der Waals surface area contributed by atoms with E-state index >= 15 is 0 Å². The van der Waals surface area contributed by atoms with E-state index < -0.39 is 11.9 Å². The molecule has 1 heterocycles. The van der Waals surface area contributed by atoms with Crippen molar-refractivity contribution in [3.63, 3.8) is 0 Å². The molecule has 0 aliphatic rings. The minimum absolute atomic E-state index is 0. The number of halogens is 1. The van der Waals surface area contributed by atoms with Crippen LogP contribution in [0.4, 0.5) is 5.69 Å². The molecule has 0 radical (unpaired) electrons. The molecule has 1 amide bonds. The quantitative estimate of drug-likeness (QED) is 0.837. The molecule has 0 atom stereocenters. The third-order valence-corrected chi connectivity index (χ3v) is 3.13. The number of rotatable bonds is 2. The van der Waals surface area contributed by atoms with Crippen LogP contribution in [0.25, 0.3) is 10.9 Å². The van der Waals surface area contributed by atoms with Crippen molar-refractivity contribution >= 4 is 40.9 Å². The number of benzene rings is 1. The lowest BCUT2D eigenvalue weighted by Gasteiger charge is -2.11. The number of aliphatic carboxylic acids is 1. The van der Waals surface area contributed by atoms with Gasteiger partial charge in [-0.25, -0.2) is 4.79 Å². The fourth-order valence-electron chi connectivity index (χ4n) is 2.39. The molecule has 20 heavy (non-hydrogen) atoms. The largest absolute Gasteiger partial charge is 0.474 e. The van der Waals surface area contributed by atoms with Crippen molar-refractivity contribution in [2.75, 3.05) is 5.32 Å². The number of hydrogen-bond acceptors (Lipinski definition) is 2. The molecule has 0 saturated carbocycles. The fourth-order valence-corrected chi connectivity index (χ4v) is 2.39. The maximum absolute atomic E-state index is 11.4. The first kappa shape index (κ1) is 16.0. The summed E-state index contributed by atoms with van der Waals surface area (Å²) in [7, 11) is 1.91. The molecule has 1 aromatic carbocycles. The zero-order chi connectivity index (χ0) is 14.2. The van der Waals surface area contributed by atoms with Gasteiger partial charge in [-0.2, -0.15) is 0 Å². The maximum atomic E-state index is 11.4. The average molecular weight is 297 g/mol. The Morgan fingerprint density at radius 1 is 1.25 bits per heavy atom. The predicted molar refractivity (Wildman–Crippen MR) is 80.5 cm³/mol. The highest BCUT2D eigenvalue weighted by molar-refractivity contribution is 6.37. The van der Waals surface area contributed by atoms with Crippen LogP contribution in [-0.4, -0.2) is 21.6 Å². The molecule has 5 nitrogen and oxygen atoms in total. The Morgan fingerprint density at radius 2 is 1.85 bits per heavy atom. The Kier molecular flexibility index (Phi) is 4.78. The summed E-state index contributed by atoms with van der Waals surface area (Å²) in [5.74, 6) is -2.33. The van der Waals surface area contributed by atoms with Crippen LogP contribution < -0.4 is 5.32 Å². The van der Waals surface area contributed by atoms with E-state index in [1.54, 1.807) is 0 Å². The lowest BCUT2D eigenvalue weighted by molar-refractivity contribution is -0.147. The van der Waals surface area contributed by atoms with Crippen molar-refractivity contribution in [1.82, 2.24) is 4.57 Å². The van der Waals surface area contributed by atoms with Gasteiger partial charge >= 0.3 is 11.9 Å². The summed E-state index contributed by atoms with van der Waals surface area (Å²) in [5.41, 5.74) is 2.46. The van der Waals surface area contributed by atoms with Gasteiger partial charge in [0.05, 0.1) is 11.2 Å². The van der Waals surface area contributed by atoms with Gasteiger partial charge < -0.3 is 15.0 Å². The molecule has 0 aliphatic carbocycles. The van der Waals surface area contributed by atoms with Crippen molar-refractivity contribution < 1.29 is 14.7 Å². The first-order valence-corrected chi connectivity index (χ1v) is 6.05. The standard InChI is InChI=1S/C14H16N2O3.ClH/c1-8(2)12-11(15-13(17)14(18)19)9-6-4-5-7-10(9)16(12)3;/h4-8H,1-3H3,(H,15,17)(H,18,19);1H. The number of para-hydroxylation sites is 1. The van der Waals surface area contributed by atoms with Crippen LogP contribution in [0.15, 0.2) is 24.3 Å². The Labute approximate surface area is 123 Å². The Hall–Kier alpha value is -2.01. The van der Waals surface area contributed by atoms with Gasteiger partial charge in [0.25, 0.3) is 0 Å². The monoisotopic (exact) mass is 296 g/mol. The van der Waals surface area contributed by atoms with Gasteiger partial charge in [-0.3, -0.25) is 4.79 Å². The highest BCUT2D eigenvalue weighted by Gasteiger charge is 2.21. The summed E-state index contributed by atoms with van der Waals surface area (Å²) in [6.45, 7) is 4.01. The minimum Gasteiger partial charge on any atom is -0.474 e. The number of carboxylic acid groups (broad SMARTS) is 1. The minimum atomic E-state index is -1.48. The Bertz CT molecular complexity index is 662. The fraction of sp³-hybridized carbons (Fsp3) is 0.286. The van der Waals surface area contributed by atoms with E-state index in [4.69, 9.17) is 5.11 Å². The molecule has 0 fully saturated rings. The van der Waals surface area contributed by atoms with Gasteiger partial charge in [0.1, 0.15) is 0 Å². The van der Waals surface area contributed by atoms with E-state index in [9.17, 15) is 9.59 Å². The molecule has 1 aromatic heterocycles. The summed E-state index contributed by atoms with van der Waals surface area (Å²) in [6, 6.07) is 7.59. The predicted octanol–water partition coefficient (Wildman–Crippen LogP) is 2.75. The van der Waals surface area contributed by atoms with Crippen LogP contribution in [0.2, 0.25) is 0 Å². The van der Waals surface area contributed by atoms with Gasteiger partial charge in [-0.15, -0.1) is 12.4 Å². The normalized spacial score (nSPS) is 10.4. The number of fused-ring (bicyclic) bond motifs is 1. The number of nitrogens with one attached hydrogen (secondary N) is 1. The lowest BCUT2D eigenvalue weighted by atomic mass is 10.1. The Morgan fingerprint density at radius 3 is 2.40 bits per heavy atom. The second-order valence-corrected chi connectivity index (χ2v) is 4.75. The third-order valence-electron chi connectivity index (χ3n) is 3.13. The molecule has 2 aromatic rings. The Balaban J connectivity index is 0.00000200. The van der Waals surface area contributed by atoms with Gasteiger partial charge in [-0.1, -0.05) is 32.0 Å². The number of nitrogens with zero attached hydrogens (tertiary/aromatic N) is 1. The molecule has 0 saturated heterocycles. The molecule has 2 rings (SSSR count). The smallest absolute Gasteiger partial charge is 0.394 e. The summed E-state index contributed by atoms with van der Waals surface area (Å²) in [5, 5.41) is 12.1. The summed E-state index contributed by atoms with van der Waals surface area (Å²) < 4.78 is 1.98. The van der Waals surface area contributed by atoms with E-state index in [1.807, 2.05) is 49.7 Å². The van der Waals surface area contributed by atoms with Crippen LogP contribution in [0.3, 0.4) is 0 Å². The molecule has 2 N–H and O–H groups in total. The first-order valence-electron chi connectivity index (χ1n) is 6.05. The number of anilines is 1. The second-order valence-electron chi connectivity index (χ2n) is 4.75. The zero-order valence-corrected chi connectivity index (χ0v) is 12.3. The molecular formula is C14H17ClN2O3. The van der Waals surface area contributed by atoms with Crippen LogP contribution >= 0.6 is 12.4 Å². The van der Waals surface area contributed by atoms with Crippen molar-refractivity contribution in [2.45, 2.75) is 19.8 Å². The number of carboxylic acids is 1. The van der Waals surface area contributed by atoms with Crippen molar-refractivity contribution in [3.8, 4) is 0 Å². The second kappa shape index (κ2) is 5.96. The maximum Gasteiger partial charge on any atom is 0.394 e. The highest BCUT2D eigenvalue weighted by atomic mass is 35.5. The molecule has 6 heteroatoms. The van der Waals surface area contributed by atoms with E-state index in [0.717, 1.165) is 16.6 Å². The third kappa shape index (κ3) is 2.63. The number of carbonyl (C=O) groups is 2. The van der Waals surface area contributed by atoms with E-state index in [2.05, 4.69) is 5.32 Å². The summed E-state index contributed by atoms with van der Waals surface area (Å²) >= 11 is 0. The number of aromatic nitrogens is 1. The van der Waals surface area contributed by atoms with Gasteiger partial charge in [0, 0.05) is 18.1 Å². The van der Waals surface area contributed by atoms with E-state index in [-0.39, 0.29) is 18.3 Å². The first-order chi connectivity index (χ1) is 8.93. The number of carbonyl (C=O) groups excluding carboxylic acids is 1. The van der Waals surface area contributed by atoms with Gasteiger partial charge in [-0.05, 0) is 12.0 Å². The van der Waals surface area contributed by atoms with Gasteiger partial charge in [0.15, 0.2) is 0 Å². The molecule has 0 unspecified atom stereocenters. The number of amides is 1. The van der Waals surface area contributed by atoms with Gasteiger partial charge in [0.2, 0.25) is 0 Å². The molecule has 108 valence electrons. The molecule has 0 bridgehead atoms. The SMILES string of the molecule is CC(C)c1c(NC(=O)C(=O)O)c2ccccc2n1C.Cl. The molecule has 0 aliphatic heterocycles. The van der Waals surface area contributed by atoms with Crippen LogP contribution in [0.5, 0.6) is 0 Å². The molecule has 0 spiro atoms. The van der Waals surface area contributed by atoms with E-state index in [1.165, 1.54) is 0 Å². The number of hydrogen-bond donors (Lipinski definition) is 2. The topological polar surface area (TPSA) is 71.3 Å². The van der Waals surface area contributed by atoms with Crippen molar-refractivity contribution in [2.24, 2.45) is 7.05 Å². The highest BCUT2D eigenvalue weighted by Crippen LogP contribution is 2.34. The van der Waals surface area contributed by atoms with Crippen LogP contribution in [0, 0.1) is 0 Å². The summed E-state index contributed by atoms with van der Waals surface area (Å²) in [6.07, 6.45) is 0. The van der Waals surface area contributed by atoms with E-state index in [0.29, 0.717) is 5.69 Å². The zero-order valence-electron chi connectivity index (χ0n) is 11.5.